The zero-order valence-electron chi connectivity index (χ0n) is 10.1. The van der Waals surface area contributed by atoms with E-state index >= 15 is 0 Å². The summed E-state index contributed by atoms with van der Waals surface area (Å²) in [6.07, 6.45) is 5.24. The van der Waals surface area contributed by atoms with Gasteiger partial charge in [0.2, 0.25) is 0 Å². The summed E-state index contributed by atoms with van der Waals surface area (Å²) in [5.41, 5.74) is 0.0162. The minimum Gasteiger partial charge on any atom is -0.388 e. The van der Waals surface area contributed by atoms with Crippen LogP contribution in [0.2, 0.25) is 5.02 Å². The Morgan fingerprint density at radius 1 is 1.17 bits per heavy atom. The van der Waals surface area contributed by atoms with Crippen molar-refractivity contribution in [2.45, 2.75) is 44.6 Å². The van der Waals surface area contributed by atoms with Gasteiger partial charge < -0.3 is 5.11 Å². The number of rotatable bonds is 3. The van der Waals surface area contributed by atoms with Crippen molar-refractivity contribution in [3.63, 3.8) is 0 Å². The van der Waals surface area contributed by atoms with Crippen LogP contribution in [0.3, 0.4) is 0 Å². The summed E-state index contributed by atoms with van der Waals surface area (Å²) in [7, 11) is 0. The number of hydrogen-bond acceptors (Lipinski definition) is 1. The summed E-state index contributed by atoms with van der Waals surface area (Å²) in [5, 5.41) is 9.77. The molecule has 1 aliphatic carbocycles. The van der Waals surface area contributed by atoms with Crippen LogP contribution in [0.4, 0.5) is 8.78 Å². The zero-order chi connectivity index (χ0) is 13.1. The SMILES string of the molecule is OC(CC1CCCCC1)c1cc(F)c(Cl)cc1F. The van der Waals surface area contributed by atoms with Gasteiger partial charge in [0.25, 0.3) is 0 Å². The molecule has 1 fully saturated rings. The van der Waals surface area contributed by atoms with Crippen LogP contribution in [0.5, 0.6) is 0 Å². The lowest BCUT2D eigenvalue weighted by molar-refractivity contribution is 0.127. The molecular formula is C14H17ClF2O. The summed E-state index contributed by atoms with van der Waals surface area (Å²) >= 11 is 5.49. The van der Waals surface area contributed by atoms with Gasteiger partial charge in [-0.05, 0) is 24.5 Å². The molecule has 1 atom stereocenters. The van der Waals surface area contributed by atoms with E-state index in [0.29, 0.717) is 12.3 Å². The molecule has 0 radical (unpaired) electrons. The van der Waals surface area contributed by atoms with Crippen molar-refractivity contribution < 1.29 is 13.9 Å². The Bertz CT molecular complexity index is 417. The molecule has 0 aromatic heterocycles. The molecular weight excluding hydrogens is 258 g/mol. The highest BCUT2D eigenvalue weighted by Gasteiger charge is 2.21. The van der Waals surface area contributed by atoms with Crippen LogP contribution in [-0.2, 0) is 0 Å². The predicted octanol–water partition coefficient (Wildman–Crippen LogP) is 4.62. The fourth-order valence-electron chi connectivity index (χ4n) is 2.66. The maximum Gasteiger partial charge on any atom is 0.142 e. The number of hydrogen-bond donors (Lipinski definition) is 1. The van der Waals surface area contributed by atoms with Crippen molar-refractivity contribution in [3.05, 3.63) is 34.4 Å². The van der Waals surface area contributed by atoms with Crippen LogP contribution in [0.15, 0.2) is 12.1 Å². The largest absolute Gasteiger partial charge is 0.388 e. The van der Waals surface area contributed by atoms with Crippen molar-refractivity contribution in [1.29, 1.82) is 0 Å². The molecule has 1 aliphatic rings. The molecule has 1 N–H and O–H groups in total. The van der Waals surface area contributed by atoms with E-state index < -0.39 is 17.7 Å². The van der Waals surface area contributed by atoms with Crippen molar-refractivity contribution in [2.24, 2.45) is 5.92 Å². The molecule has 1 aromatic carbocycles. The van der Waals surface area contributed by atoms with Gasteiger partial charge in [-0.1, -0.05) is 43.7 Å². The minimum atomic E-state index is -0.945. The van der Waals surface area contributed by atoms with Crippen LogP contribution in [0, 0.1) is 17.6 Å². The van der Waals surface area contributed by atoms with E-state index in [0.717, 1.165) is 37.8 Å². The number of halogens is 3. The van der Waals surface area contributed by atoms with Crippen LogP contribution < -0.4 is 0 Å². The van der Waals surface area contributed by atoms with Gasteiger partial charge in [-0.2, -0.15) is 0 Å². The van der Waals surface area contributed by atoms with Gasteiger partial charge in [-0.25, -0.2) is 8.78 Å². The van der Waals surface area contributed by atoms with Gasteiger partial charge in [0.1, 0.15) is 11.6 Å². The fraction of sp³-hybridized carbons (Fsp3) is 0.571. The molecule has 100 valence electrons. The maximum absolute atomic E-state index is 13.6. The molecule has 1 nitrogen and oxygen atoms in total. The number of aliphatic hydroxyl groups excluding tert-OH is 1. The molecule has 0 aliphatic heterocycles. The summed E-state index contributed by atoms with van der Waals surface area (Å²) in [4.78, 5) is 0. The lowest BCUT2D eigenvalue weighted by Crippen LogP contribution is -2.12. The number of aliphatic hydroxyl groups is 1. The van der Waals surface area contributed by atoms with Crippen molar-refractivity contribution in [3.8, 4) is 0 Å². The van der Waals surface area contributed by atoms with Gasteiger partial charge in [0.15, 0.2) is 0 Å². The van der Waals surface area contributed by atoms with E-state index in [4.69, 9.17) is 11.6 Å². The normalized spacial score (nSPS) is 18.9. The first-order chi connectivity index (χ1) is 8.58. The van der Waals surface area contributed by atoms with Crippen LogP contribution in [-0.4, -0.2) is 5.11 Å². The van der Waals surface area contributed by atoms with E-state index in [-0.39, 0.29) is 10.6 Å². The standard InChI is InChI=1S/C14H17ClF2O/c15-11-8-12(16)10(7-13(11)17)14(18)6-9-4-2-1-3-5-9/h7-9,14,18H,1-6H2. The van der Waals surface area contributed by atoms with Crippen molar-refractivity contribution >= 4 is 11.6 Å². The van der Waals surface area contributed by atoms with Crippen LogP contribution in [0.1, 0.15) is 50.2 Å². The van der Waals surface area contributed by atoms with Gasteiger partial charge in [0.05, 0.1) is 11.1 Å². The molecule has 4 heteroatoms. The molecule has 1 saturated carbocycles. The highest BCUT2D eigenvalue weighted by atomic mass is 35.5. The van der Waals surface area contributed by atoms with Gasteiger partial charge in [0, 0.05) is 5.56 Å². The number of benzene rings is 1. The molecule has 0 heterocycles. The van der Waals surface area contributed by atoms with Crippen LogP contribution in [0.25, 0.3) is 0 Å². The highest BCUT2D eigenvalue weighted by molar-refractivity contribution is 6.30. The topological polar surface area (TPSA) is 20.2 Å². The second-order valence-corrected chi connectivity index (χ2v) is 5.45. The third-order valence-corrected chi connectivity index (χ3v) is 3.97. The Labute approximate surface area is 111 Å². The van der Waals surface area contributed by atoms with E-state index in [1.54, 1.807) is 0 Å². The van der Waals surface area contributed by atoms with Gasteiger partial charge in [-0.15, -0.1) is 0 Å². The highest BCUT2D eigenvalue weighted by Crippen LogP contribution is 2.33. The van der Waals surface area contributed by atoms with E-state index in [1.807, 2.05) is 0 Å². The monoisotopic (exact) mass is 274 g/mol. The summed E-state index contributed by atoms with van der Waals surface area (Å²) in [5.74, 6) is -0.910. The van der Waals surface area contributed by atoms with Gasteiger partial charge >= 0.3 is 0 Å². The predicted molar refractivity (Wildman–Crippen MR) is 67.5 cm³/mol. The molecule has 0 amide bonds. The van der Waals surface area contributed by atoms with E-state index in [2.05, 4.69) is 0 Å². The third kappa shape index (κ3) is 3.21. The average Bonchev–Trinajstić information content (AvgIpc) is 2.35. The zero-order valence-corrected chi connectivity index (χ0v) is 10.9. The third-order valence-electron chi connectivity index (χ3n) is 3.68. The van der Waals surface area contributed by atoms with Crippen molar-refractivity contribution in [1.82, 2.24) is 0 Å². The van der Waals surface area contributed by atoms with Crippen LogP contribution >= 0.6 is 11.6 Å². The average molecular weight is 275 g/mol. The van der Waals surface area contributed by atoms with Gasteiger partial charge in [-0.3, -0.25) is 0 Å². The molecule has 0 saturated heterocycles. The summed E-state index contributed by atoms with van der Waals surface area (Å²) in [6, 6.07) is 1.93. The first kappa shape index (κ1) is 13.8. The first-order valence-electron chi connectivity index (χ1n) is 6.40. The Hall–Kier alpha value is -0.670. The summed E-state index contributed by atoms with van der Waals surface area (Å²) < 4.78 is 26.9. The van der Waals surface area contributed by atoms with E-state index in [9.17, 15) is 13.9 Å². The Kier molecular flexibility index (Phi) is 4.57. The minimum absolute atomic E-state index is 0.0162. The smallest absolute Gasteiger partial charge is 0.142 e. The maximum atomic E-state index is 13.6. The Morgan fingerprint density at radius 2 is 1.83 bits per heavy atom. The summed E-state index contributed by atoms with van der Waals surface area (Å²) in [6.45, 7) is 0. The molecule has 1 aromatic rings. The molecule has 0 bridgehead atoms. The fourth-order valence-corrected chi connectivity index (χ4v) is 2.81. The molecule has 0 spiro atoms. The molecule has 18 heavy (non-hydrogen) atoms. The molecule has 2 rings (SSSR count). The Morgan fingerprint density at radius 3 is 2.50 bits per heavy atom. The molecule has 1 unspecified atom stereocenters. The lowest BCUT2D eigenvalue weighted by atomic mass is 9.84. The Balaban J connectivity index is 2.08. The first-order valence-corrected chi connectivity index (χ1v) is 6.78. The quantitative estimate of drug-likeness (QED) is 0.797. The van der Waals surface area contributed by atoms with Crippen molar-refractivity contribution in [2.75, 3.05) is 0 Å². The second-order valence-electron chi connectivity index (χ2n) is 5.04. The van der Waals surface area contributed by atoms with E-state index in [1.165, 1.54) is 6.42 Å². The lowest BCUT2D eigenvalue weighted by Gasteiger charge is -2.24. The second kappa shape index (κ2) is 5.98.